The van der Waals surface area contributed by atoms with E-state index < -0.39 is 0 Å². The molecule has 4 rings (SSSR count). The van der Waals surface area contributed by atoms with Gasteiger partial charge in [-0.15, -0.1) is 5.10 Å². The standard InChI is InChI=1S/C19H18N6O/c1-12-9-13(2)23-18(22-12)7-8-20-19-24-15(11-21-25-19)17-10-14-5-3-4-6-16(14)26-17/h3-6,9-11H,7-8H2,1-2H3,(H,20,24,25). The lowest BCUT2D eigenvalue weighted by Gasteiger charge is -2.05. The van der Waals surface area contributed by atoms with E-state index in [1.54, 1.807) is 6.20 Å². The van der Waals surface area contributed by atoms with Gasteiger partial charge in [0.1, 0.15) is 17.1 Å². The third kappa shape index (κ3) is 3.51. The zero-order valence-electron chi connectivity index (χ0n) is 14.6. The van der Waals surface area contributed by atoms with Gasteiger partial charge in [-0.05, 0) is 32.0 Å². The first-order valence-electron chi connectivity index (χ1n) is 8.41. The third-order valence-electron chi connectivity index (χ3n) is 3.90. The van der Waals surface area contributed by atoms with Crippen molar-refractivity contribution in [2.45, 2.75) is 20.3 Å². The van der Waals surface area contributed by atoms with Crippen molar-refractivity contribution in [3.63, 3.8) is 0 Å². The number of benzene rings is 1. The molecule has 3 heterocycles. The molecule has 3 aromatic heterocycles. The Morgan fingerprint density at radius 1 is 1.00 bits per heavy atom. The molecule has 7 nitrogen and oxygen atoms in total. The van der Waals surface area contributed by atoms with Crippen LogP contribution < -0.4 is 5.32 Å². The van der Waals surface area contributed by atoms with E-state index in [-0.39, 0.29) is 0 Å². The highest BCUT2D eigenvalue weighted by Gasteiger charge is 2.09. The number of para-hydroxylation sites is 1. The fraction of sp³-hybridized carbons (Fsp3) is 0.211. The summed E-state index contributed by atoms with van der Waals surface area (Å²) in [6.07, 6.45) is 2.27. The topological polar surface area (TPSA) is 89.6 Å². The molecule has 0 bridgehead atoms. The fourth-order valence-electron chi connectivity index (χ4n) is 2.80. The van der Waals surface area contributed by atoms with E-state index in [2.05, 4.69) is 30.5 Å². The smallest absolute Gasteiger partial charge is 0.243 e. The fourth-order valence-corrected chi connectivity index (χ4v) is 2.80. The van der Waals surface area contributed by atoms with Crippen LogP contribution in [-0.4, -0.2) is 31.7 Å². The summed E-state index contributed by atoms with van der Waals surface area (Å²) in [5, 5.41) is 12.2. The van der Waals surface area contributed by atoms with Crippen molar-refractivity contribution >= 4 is 16.9 Å². The molecule has 4 aromatic rings. The highest BCUT2D eigenvalue weighted by molar-refractivity contribution is 5.82. The second kappa shape index (κ2) is 6.87. The maximum absolute atomic E-state index is 5.83. The highest BCUT2D eigenvalue weighted by Crippen LogP contribution is 2.26. The molecular formula is C19H18N6O. The predicted molar refractivity (Wildman–Crippen MR) is 98.7 cm³/mol. The normalized spacial score (nSPS) is 11.0. The van der Waals surface area contributed by atoms with Gasteiger partial charge in [0.05, 0.1) is 6.20 Å². The molecule has 0 amide bonds. The van der Waals surface area contributed by atoms with E-state index >= 15 is 0 Å². The number of rotatable bonds is 5. The van der Waals surface area contributed by atoms with E-state index in [1.165, 1.54) is 0 Å². The molecule has 0 aliphatic rings. The summed E-state index contributed by atoms with van der Waals surface area (Å²) < 4.78 is 5.83. The molecule has 7 heteroatoms. The van der Waals surface area contributed by atoms with Crippen molar-refractivity contribution in [3.05, 3.63) is 59.8 Å². The summed E-state index contributed by atoms with van der Waals surface area (Å²) in [5.74, 6) is 1.92. The Bertz CT molecular complexity index is 1010. The van der Waals surface area contributed by atoms with Crippen LogP contribution in [0, 0.1) is 13.8 Å². The molecule has 0 unspecified atom stereocenters. The molecule has 1 N–H and O–H groups in total. The Morgan fingerprint density at radius 3 is 2.62 bits per heavy atom. The first-order chi connectivity index (χ1) is 12.7. The van der Waals surface area contributed by atoms with Crippen LogP contribution >= 0.6 is 0 Å². The minimum atomic E-state index is 0.451. The van der Waals surface area contributed by atoms with Crippen LogP contribution in [0.2, 0.25) is 0 Å². The zero-order valence-corrected chi connectivity index (χ0v) is 14.6. The van der Waals surface area contributed by atoms with Crippen molar-refractivity contribution in [3.8, 4) is 11.5 Å². The molecule has 0 fully saturated rings. The first kappa shape index (κ1) is 16.1. The quantitative estimate of drug-likeness (QED) is 0.592. The van der Waals surface area contributed by atoms with Crippen molar-refractivity contribution in [2.24, 2.45) is 0 Å². The van der Waals surface area contributed by atoms with Gasteiger partial charge in [0, 0.05) is 29.7 Å². The van der Waals surface area contributed by atoms with Crippen LogP contribution in [0.5, 0.6) is 0 Å². The van der Waals surface area contributed by atoms with Crippen molar-refractivity contribution in [1.29, 1.82) is 0 Å². The summed E-state index contributed by atoms with van der Waals surface area (Å²) in [4.78, 5) is 13.3. The number of hydrogen-bond acceptors (Lipinski definition) is 7. The van der Waals surface area contributed by atoms with Crippen molar-refractivity contribution in [1.82, 2.24) is 25.1 Å². The van der Waals surface area contributed by atoms with Crippen LogP contribution in [0.15, 0.2) is 47.0 Å². The van der Waals surface area contributed by atoms with Crippen LogP contribution in [0.3, 0.4) is 0 Å². The molecule has 0 spiro atoms. The van der Waals surface area contributed by atoms with Crippen LogP contribution in [0.1, 0.15) is 17.2 Å². The van der Waals surface area contributed by atoms with Gasteiger partial charge < -0.3 is 9.73 Å². The van der Waals surface area contributed by atoms with Crippen LogP contribution in [-0.2, 0) is 6.42 Å². The average Bonchev–Trinajstić information content (AvgIpc) is 3.05. The lowest BCUT2D eigenvalue weighted by atomic mass is 10.2. The molecule has 0 radical (unpaired) electrons. The summed E-state index contributed by atoms with van der Waals surface area (Å²) in [7, 11) is 0. The summed E-state index contributed by atoms with van der Waals surface area (Å²) >= 11 is 0. The summed E-state index contributed by atoms with van der Waals surface area (Å²) in [6.45, 7) is 4.55. The number of nitrogens with one attached hydrogen (secondary N) is 1. The van der Waals surface area contributed by atoms with Gasteiger partial charge in [-0.2, -0.15) is 5.10 Å². The van der Waals surface area contributed by atoms with E-state index in [4.69, 9.17) is 4.42 Å². The second-order valence-electron chi connectivity index (χ2n) is 6.06. The second-order valence-corrected chi connectivity index (χ2v) is 6.06. The Morgan fingerprint density at radius 2 is 1.81 bits per heavy atom. The number of hydrogen-bond donors (Lipinski definition) is 1. The molecule has 0 saturated carbocycles. The molecular weight excluding hydrogens is 328 g/mol. The maximum atomic E-state index is 5.83. The van der Waals surface area contributed by atoms with E-state index in [9.17, 15) is 0 Å². The first-order valence-corrected chi connectivity index (χ1v) is 8.41. The largest absolute Gasteiger partial charge is 0.454 e. The molecule has 1 aromatic carbocycles. The molecule has 130 valence electrons. The van der Waals surface area contributed by atoms with Gasteiger partial charge in [0.15, 0.2) is 5.76 Å². The Hall–Kier alpha value is -3.35. The van der Waals surface area contributed by atoms with E-state index in [0.717, 1.165) is 28.2 Å². The van der Waals surface area contributed by atoms with Crippen LogP contribution in [0.4, 0.5) is 5.95 Å². The number of anilines is 1. The highest BCUT2D eigenvalue weighted by atomic mass is 16.3. The predicted octanol–water partition coefficient (Wildman–Crippen LogP) is 3.35. The molecule has 0 saturated heterocycles. The minimum absolute atomic E-state index is 0.451. The number of fused-ring (bicyclic) bond motifs is 1. The Balaban J connectivity index is 1.47. The molecule has 26 heavy (non-hydrogen) atoms. The van der Waals surface area contributed by atoms with E-state index in [0.29, 0.717) is 30.4 Å². The zero-order chi connectivity index (χ0) is 17.9. The van der Waals surface area contributed by atoms with Gasteiger partial charge in [0.2, 0.25) is 5.95 Å². The maximum Gasteiger partial charge on any atom is 0.243 e. The SMILES string of the molecule is Cc1cc(C)nc(CCNc2nncc(-c3cc4ccccc4o3)n2)n1. The van der Waals surface area contributed by atoms with E-state index in [1.807, 2.05) is 50.2 Å². The number of aryl methyl sites for hydroxylation is 2. The summed E-state index contributed by atoms with van der Waals surface area (Å²) in [5.41, 5.74) is 3.40. The monoisotopic (exact) mass is 346 g/mol. The van der Waals surface area contributed by atoms with Gasteiger partial charge in [-0.25, -0.2) is 15.0 Å². The van der Waals surface area contributed by atoms with Gasteiger partial charge in [0.25, 0.3) is 0 Å². The minimum Gasteiger partial charge on any atom is -0.454 e. The Labute approximate surface area is 150 Å². The lowest BCUT2D eigenvalue weighted by Crippen LogP contribution is -2.11. The number of nitrogens with zero attached hydrogens (tertiary/aromatic N) is 5. The third-order valence-corrected chi connectivity index (χ3v) is 3.90. The number of furan rings is 1. The van der Waals surface area contributed by atoms with Gasteiger partial charge in [-0.3, -0.25) is 0 Å². The van der Waals surface area contributed by atoms with Crippen molar-refractivity contribution < 1.29 is 4.42 Å². The molecule has 0 aliphatic carbocycles. The number of aromatic nitrogens is 5. The van der Waals surface area contributed by atoms with Gasteiger partial charge >= 0.3 is 0 Å². The average molecular weight is 346 g/mol. The molecule has 0 aliphatic heterocycles. The summed E-state index contributed by atoms with van der Waals surface area (Å²) in [6, 6.07) is 11.8. The molecule has 0 atom stereocenters. The van der Waals surface area contributed by atoms with Gasteiger partial charge in [-0.1, -0.05) is 18.2 Å². The van der Waals surface area contributed by atoms with Crippen molar-refractivity contribution in [2.75, 3.05) is 11.9 Å². The lowest BCUT2D eigenvalue weighted by molar-refractivity contribution is 0.627. The Kier molecular flexibility index (Phi) is 4.27. The van der Waals surface area contributed by atoms with Crippen LogP contribution in [0.25, 0.3) is 22.4 Å².